The van der Waals surface area contributed by atoms with Crippen LogP contribution in [0.1, 0.15) is 24.4 Å². The molecule has 0 aromatic carbocycles. The number of hydrogen-bond donors (Lipinski definition) is 2. The van der Waals surface area contributed by atoms with Crippen LogP contribution >= 0.6 is 0 Å². The summed E-state index contributed by atoms with van der Waals surface area (Å²) in [6.07, 6.45) is 20.1. The van der Waals surface area contributed by atoms with E-state index in [-0.39, 0.29) is 0 Å². The van der Waals surface area contributed by atoms with Crippen molar-refractivity contribution in [3.63, 3.8) is 0 Å². The minimum Gasteiger partial charge on any atom is -0.362 e. The van der Waals surface area contributed by atoms with Crippen LogP contribution in [0.4, 0.5) is 0 Å². The van der Waals surface area contributed by atoms with Gasteiger partial charge >= 0.3 is 0 Å². The van der Waals surface area contributed by atoms with Crippen LogP contribution in [-0.2, 0) is 0 Å². The molecule has 0 atom stereocenters. The molecule has 24 heavy (non-hydrogen) atoms. The number of fused-ring (bicyclic) bond motifs is 6. The lowest BCUT2D eigenvalue weighted by Gasteiger charge is -1.99. The molecule has 5 nitrogen and oxygen atoms in total. The Morgan fingerprint density at radius 2 is 1.46 bits per heavy atom. The van der Waals surface area contributed by atoms with Gasteiger partial charge in [-0.05, 0) is 55.4 Å². The second kappa shape index (κ2) is 5.16. The number of nitrogens with zero attached hydrogens (tertiary/aromatic N) is 3. The fraction of sp³-hybridized carbons (Fsp3) is 0.105. The summed E-state index contributed by atoms with van der Waals surface area (Å²) < 4.78 is 0. The number of aliphatic imine (C=N–C) groups is 2. The van der Waals surface area contributed by atoms with Gasteiger partial charge in [-0.15, -0.1) is 0 Å². The number of aromatic amines is 1. The SMILES string of the molecule is C1=CC2=NC1=Cc1c[nH]c(n1)C=C1CCC(=CC3=NC(=C2)C=C3)N1. The molecule has 1 aromatic rings. The van der Waals surface area contributed by atoms with E-state index in [1.54, 1.807) is 0 Å². The van der Waals surface area contributed by atoms with Crippen LogP contribution in [0.3, 0.4) is 0 Å². The molecule has 1 saturated heterocycles. The van der Waals surface area contributed by atoms with Gasteiger partial charge in [-0.1, -0.05) is 0 Å². The van der Waals surface area contributed by atoms with Gasteiger partial charge in [-0.3, -0.25) is 0 Å². The zero-order chi connectivity index (χ0) is 15.9. The van der Waals surface area contributed by atoms with Crippen LogP contribution < -0.4 is 5.32 Å². The first-order valence-corrected chi connectivity index (χ1v) is 8.01. The van der Waals surface area contributed by atoms with Gasteiger partial charge in [-0.2, -0.15) is 0 Å². The lowest BCUT2D eigenvalue weighted by Crippen LogP contribution is -2.04. The van der Waals surface area contributed by atoms with Gasteiger partial charge in [0.1, 0.15) is 5.82 Å². The molecule has 0 aliphatic carbocycles. The molecule has 8 bridgehead atoms. The molecule has 4 aliphatic rings. The van der Waals surface area contributed by atoms with E-state index < -0.39 is 0 Å². The average molecular weight is 313 g/mol. The molecule has 5 rings (SSSR count). The molecule has 0 unspecified atom stereocenters. The van der Waals surface area contributed by atoms with Crippen LogP contribution in [0.25, 0.3) is 12.2 Å². The molecular weight excluding hydrogens is 298 g/mol. The second-order valence-corrected chi connectivity index (χ2v) is 6.05. The highest BCUT2D eigenvalue weighted by atomic mass is 15.0. The molecule has 0 spiro atoms. The fourth-order valence-electron chi connectivity index (χ4n) is 3.07. The number of aromatic nitrogens is 2. The largest absolute Gasteiger partial charge is 0.362 e. The third kappa shape index (κ3) is 2.50. The van der Waals surface area contributed by atoms with Crippen LogP contribution in [0, 0.1) is 0 Å². The quantitative estimate of drug-likeness (QED) is 0.772. The normalized spacial score (nSPS) is 20.8. The molecule has 0 amide bonds. The summed E-state index contributed by atoms with van der Waals surface area (Å²) in [5.74, 6) is 0.851. The standard InChI is InChI=1S/C19H15N5/c1-2-13-8-15-5-6-17(23-15)10-19-20-11-18(24-19)9-16-4-3-14(22-16)7-12(1)21-13/h1-4,7-11,23H,5-6H2,(H,20,24). The van der Waals surface area contributed by atoms with Gasteiger partial charge in [0, 0.05) is 23.7 Å². The highest BCUT2D eigenvalue weighted by molar-refractivity contribution is 6.11. The van der Waals surface area contributed by atoms with Crippen molar-refractivity contribution in [2.75, 3.05) is 0 Å². The number of nitrogens with one attached hydrogen (secondary N) is 2. The number of H-pyrrole nitrogens is 1. The third-order valence-corrected chi connectivity index (χ3v) is 4.19. The van der Waals surface area contributed by atoms with Gasteiger partial charge < -0.3 is 10.3 Å². The summed E-state index contributed by atoms with van der Waals surface area (Å²) in [6.45, 7) is 0. The number of allylic oxidation sites excluding steroid dienone is 8. The molecule has 116 valence electrons. The van der Waals surface area contributed by atoms with Crippen LogP contribution in [0.5, 0.6) is 0 Å². The highest BCUT2D eigenvalue weighted by Gasteiger charge is 2.14. The van der Waals surface area contributed by atoms with Crippen LogP contribution in [0.2, 0.25) is 0 Å². The molecular formula is C19H15N5. The van der Waals surface area contributed by atoms with Crippen LogP contribution in [-0.4, -0.2) is 21.4 Å². The molecule has 5 heteroatoms. The Morgan fingerprint density at radius 1 is 0.750 bits per heavy atom. The van der Waals surface area contributed by atoms with Crippen molar-refractivity contribution in [3.8, 4) is 0 Å². The minimum absolute atomic E-state index is 0.851. The zero-order valence-corrected chi connectivity index (χ0v) is 13.0. The van der Waals surface area contributed by atoms with Gasteiger partial charge in [0.05, 0.1) is 28.5 Å². The fourth-order valence-corrected chi connectivity index (χ4v) is 3.07. The Balaban J connectivity index is 1.63. The monoisotopic (exact) mass is 313 g/mol. The van der Waals surface area contributed by atoms with Crippen molar-refractivity contribution >= 4 is 23.6 Å². The van der Waals surface area contributed by atoms with Crippen molar-refractivity contribution in [1.29, 1.82) is 0 Å². The minimum atomic E-state index is 0.851. The van der Waals surface area contributed by atoms with Crippen molar-refractivity contribution < 1.29 is 0 Å². The number of imidazole rings is 1. The van der Waals surface area contributed by atoms with Gasteiger partial charge in [0.25, 0.3) is 0 Å². The highest BCUT2D eigenvalue weighted by Crippen LogP contribution is 2.23. The summed E-state index contributed by atoms with van der Waals surface area (Å²) >= 11 is 0. The Hall–Kier alpha value is -3.21. The maximum absolute atomic E-state index is 4.64. The second-order valence-electron chi connectivity index (χ2n) is 6.05. The number of rotatable bonds is 0. The summed E-state index contributed by atoms with van der Waals surface area (Å²) in [7, 11) is 0. The van der Waals surface area contributed by atoms with E-state index in [0.29, 0.717) is 0 Å². The molecule has 0 radical (unpaired) electrons. The molecule has 2 N–H and O–H groups in total. The van der Waals surface area contributed by atoms with Crippen molar-refractivity contribution in [2.45, 2.75) is 12.8 Å². The molecule has 1 aromatic heterocycles. The predicted octanol–water partition coefficient (Wildman–Crippen LogP) is 3.28. The van der Waals surface area contributed by atoms with E-state index in [9.17, 15) is 0 Å². The molecule has 4 aliphatic heterocycles. The van der Waals surface area contributed by atoms with E-state index >= 15 is 0 Å². The smallest absolute Gasteiger partial charge is 0.132 e. The molecule has 1 fully saturated rings. The Labute approximate surface area is 139 Å². The first-order chi connectivity index (χ1) is 11.8. The molecule has 5 heterocycles. The maximum atomic E-state index is 4.64. The van der Waals surface area contributed by atoms with Gasteiger partial charge in [-0.25, -0.2) is 15.0 Å². The van der Waals surface area contributed by atoms with E-state index in [2.05, 4.69) is 37.4 Å². The lowest BCUT2D eigenvalue weighted by molar-refractivity contribution is 1.06. The van der Waals surface area contributed by atoms with E-state index in [0.717, 1.165) is 47.2 Å². The van der Waals surface area contributed by atoms with E-state index in [1.807, 2.05) is 42.7 Å². The number of hydrogen-bond acceptors (Lipinski definition) is 4. The van der Waals surface area contributed by atoms with Crippen molar-refractivity contribution in [3.05, 3.63) is 77.0 Å². The Bertz CT molecular complexity index is 973. The average Bonchev–Trinajstić information content (AvgIpc) is 3.32. The Kier molecular flexibility index (Phi) is 2.85. The lowest BCUT2D eigenvalue weighted by atomic mass is 10.2. The zero-order valence-electron chi connectivity index (χ0n) is 13.0. The summed E-state index contributed by atoms with van der Waals surface area (Å²) in [4.78, 5) is 17.0. The van der Waals surface area contributed by atoms with Crippen LogP contribution in [0.15, 0.2) is 75.4 Å². The van der Waals surface area contributed by atoms with Gasteiger partial charge in [0.2, 0.25) is 0 Å². The summed E-state index contributed by atoms with van der Waals surface area (Å²) in [6, 6.07) is 0. The topological polar surface area (TPSA) is 65.4 Å². The predicted molar refractivity (Wildman–Crippen MR) is 96.2 cm³/mol. The van der Waals surface area contributed by atoms with Crippen molar-refractivity contribution in [2.24, 2.45) is 9.98 Å². The van der Waals surface area contributed by atoms with E-state index in [1.165, 1.54) is 11.4 Å². The first kappa shape index (κ1) is 13.2. The first-order valence-electron chi connectivity index (χ1n) is 8.01. The summed E-state index contributed by atoms with van der Waals surface area (Å²) in [5.41, 5.74) is 6.92. The molecule has 0 saturated carbocycles. The summed E-state index contributed by atoms with van der Waals surface area (Å²) in [5, 5.41) is 3.46. The maximum Gasteiger partial charge on any atom is 0.132 e. The van der Waals surface area contributed by atoms with Crippen molar-refractivity contribution in [1.82, 2.24) is 15.3 Å². The Morgan fingerprint density at radius 3 is 2.29 bits per heavy atom. The third-order valence-electron chi connectivity index (χ3n) is 4.19. The van der Waals surface area contributed by atoms with Gasteiger partial charge in [0.15, 0.2) is 0 Å². The van der Waals surface area contributed by atoms with E-state index in [4.69, 9.17) is 0 Å².